The van der Waals surface area contributed by atoms with Crippen LogP contribution in [0, 0.1) is 0 Å². The summed E-state index contributed by atoms with van der Waals surface area (Å²) in [6, 6.07) is 96.8. The van der Waals surface area contributed by atoms with E-state index in [0.717, 1.165) is 0 Å². The molecule has 1 aliphatic rings. The number of ether oxygens (including phenoxy) is 8. The molecular weight excluding hydrogens is 2240 g/mol. The van der Waals surface area contributed by atoms with Crippen molar-refractivity contribution in [2.45, 2.75) is 51.4 Å². The van der Waals surface area contributed by atoms with Crippen LogP contribution in [0.2, 0.25) is 0 Å². The van der Waals surface area contributed by atoms with E-state index in [0.29, 0.717) is 125 Å². The van der Waals surface area contributed by atoms with Gasteiger partial charge in [0.25, 0.3) is 0 Å². The molecule has 0 radical (unpaired) electrons. The summed E-state index contributed by atoms with van der Waals surface area (Å²) in [7, 11) is 0. The van der Waals surface area contributed by atoms with Crippen LogP contribution >= 0.6 is 127 Å². The van der Waals surface area contributed by atoms with Crippen molar-refractivity contribution in [3.05, 3.63) is 509 Å². The van der Waals surface area contributed by atoms with Gasteiger partial charge in [-0.15, -0.1) is 0 Å². The fourth-order valence-corrected chi connectivity index (χ4v) is 20.7. The molecule has 24 heteroatoms. The maximum atomic E-state index is 15.2. The molecule has 0 unspecified atom stereocenters. The number of benzene rings is 16. The van der Waals surface area contributed by atoms with Gasteiger partial charge < -0.3 is 37.9 Å². The van der Waals surface area contributed by atoms with Gasteiger partial charge in [-0.25, -0.2) is 38.4 Å². The Bertz CT molecular complexity index is 5850. The third-order valence-corrected chi connectivity index (χ3v) is 26.0. The van der Waals surface area contributed by atoms with E-state index in [1.807, 2.05) is 0 Å². The van der Waals surface area contributed by atoms with Gasteiger partial charge in [0.15, 0.2) is 0 Å². The molecule has 16 bridgehead atoms. The zero-order valence-corrected chi connectivity index (χ0v) is 84.2. The minimum absolute atomic E-state index is 0.0900. The van der Waals surface area contributed by atoms with Crippen molar-refractivity contribution >= 4 is 175 Å². The monoisotopic (exact) mass is 2300 g/mol. The molecule has 0 aromatic heterocycles. The molecule has 0 heterocycles. The van der Waals surface area contributed by atoms with Crippen LogP contribution in [0.1, 0.15) is 172 Å². The third-order valence-electron chi connectivity index (χ3n) is 22.3. The molecule has 0 atom stereocenters. The molecule has 16 nitrogen and oxygen atoms in total. The summed E-state index contributed by atoms with van der Waals surface area (Å²) in [5, 5.41) is 0. The Kier molecular flexibility index (Phi) is 30.3. The third kappa shape index (κ3) is 23.1. The number of hydrogen-bond donors (Lipinski definition) is 0. The van der Waals surface area contributed by atoms with Gasteiger partial charge in [0, 0.05) is 176 Å². The largest absolute Gasteiger partial charge is 0.422 e. The highest BCUT2D eigenvalue weighted by atomic mass is 79.9. The molecule has 0 spiro atoms. The van der Waals surface area contributed by atoms with Crippen molar-refractivity contribution in [3.63, 3.8) is 0 Å². The van der Waals surface area contributed by atoms with Gasteiger partial charge >= 0.3 is 47.8 Å². The van der Waals surface area contributed by atoms with E-state index >= 15 is 38.4 Å². The van der Waals surface area contributed by atoms with Gasteiger partial charge in [-0.05, 0) is 194 Å². The number of fused-ring (bicyclic) bond motifs is 16. The van der Waals surface area contributed by atoms with Crippen LogP contribution in [0.5, 0.6) is 46.0 Å². The molecule has 672 valence electrons. The Morgan fingerprint density at radius 1 is 0.140 bits per heavy atom. The number of rotatable bonds is 16. The van der Waals surface area contributed by atoms with Crippen molar-refractivity contribution in [2.24, 2.45) is 0 Å². The minimum Gasteiger partial charge on any atom is -0.422 e. The summed E-state index contributed by atoms with van der Waals surface area (Å²) < 4.78 is 58.6. The van der Waals surface area contributed by atoms with Crippen LogP contribution < -0.4 is 37.9 Å². The maximum absolute atomic E-state index is 15.2. The maximum Gasteiger partial charge on any atom is 0.343 e. The fourth-order valence-electron chi connectivity index (χ4n) is 16.3. The zero-order valence-electron chi connectivity index (χ0n) is 71.5. The predicted octanol–water partition coefficient (Wildman–Crippen LogP) is 28.6. The smallest absolute Gasteiger partial charge is 0.343 e. The van der Waals surface area contributed by atoms with Crippen molar-refractivity contribution in [3.8, 4) is 46.0 Å². The van der Waals surface area contributed by atoms with Gasteiger partial charge in [-0.3, -0.25) is 0 Å². The second-order valence-electron chi connectivity index (χ2n) is 31.9. The van der Waals surface area contributed by atoms with Crippen LogP contribution in [-0.2, 0) is 51.4 Å². The lowest BCUT2D eigenvalue weighted by atomic mass is 9.91. The second-order valence-corrected chi connectivity index (χ2v) is 39.2. The molecule has 0 saturated heterocycles. The molecule has 0 fully saturated rings. The highest BCUT2D eigenvalue weighted by Crippen LogP contribution is 2.48. The summed E-state index contributed by atoms with van der Waals surface area (Å²) in [6.07, 6.45) is -0.931. The van der Waals surface area contributed by atoms with E-state index in [2.05, 4.69) is 127 Å². The number of hydrogen-bond acceptors (Lipinski definition) is 16. The van der Waals surface area contributed by atoms with Crippen molar-refractivity contribution in [1.29, 1.82) is 0 Å². The number of halogens is 8. The quantitative estimate of drug-likeness (QED) is 0.0650. The summed E-state index contributed by atoms with van der Waals surface area (Å²) in [5.74, 6) is -5.09. The van der Waals surface area contributed by atoms with Gasteiger partial charge in [0.1, 0.15) is 46.0 Å². The van der Waals surface area contributed by atoms with E-state index in [1.165, 1.54) is 0 Å². The summed E-state index contributed by atoms with van der Waals surface area (Å²) in [4.78, 5) is 121. The average Bonchev–Trinajstić information content (AvgIpc) is 0.776. The molecule has 17 rings (SSSR count). The molecule has 136 heavy (non-hydrogen) atoms. The summed E-state index contributed by atoms with van der Waals surface area (Å²) in [6.45, 7) is 0. The summed E-state index contributed by atoms with van der Waals surface area (Å²) >= 11 is 31.1. The van der Waals surface area contributed by atoms with Crippen LogP contribution in [-0.4, -0.2) is 47.8 Å². The van der Waals surface area contributed by atoms with Crippen molar-refractivity contribution in [2.75, 3.05) is 0 Å². The number of esters is 8. The zero-order chi connectivity index (χ0) is 94.6. The Labute approximate surface area is 849 Å². The lowest BCUT2D eigenvalue weighted by molar-refractivity contribution is 0.0719. The molecule has 0 saturated carbocycles. The van der Waals surface area contributed by atoms with E-state index in [9.17, 15) is 0 Å². The van der Waals surface area contributed by atoms with E-state index in [1.54, 1.807) is 340 Å². The van der Waals surface area contributed by atoms with Crippen LogP contribution in [0.3, 0.4) is 0 Å². The first-order chi connectivity index (χ1) is 65.9. The van der Waals surface area contributed by atoms with Gasteiger partial charge in [-0.1, -0.05) is 273 Å². The molecule has 0 N–H and O–H groups in total. The van der Waals surface area contributed by atoms with Gasteiger partial charge in [0.2, 0.25) is 0 Å². The van der Waals surface area contributed by atoms with Crippen molar-refractivity contribution in [1.82, 2.24) is 0 Å². The van der Waals surface area contributed by atoms with Crippen LogP contribution in [0.4, 0.5) is 0 Å². The first-order valence-corrected chi connectivity index (χ1v) is 48.9. The number of carbonyl (C=O) groups is 8. The van der Waals surface area contributed by atoms with E-state index in [-0.39, 0.29) is 142 Å². The molecular formula is C112H72Br8O16. The normalized spacial score (nSPS) is 11.8. The number of carbonyl (C=O) groups excluding carboxylic acids is 8. The topological polar surface area (TPSA) is 210 Å². The van der Waals surface area contributed by atoms with E-state index in [4.69, 9.17) is 37.9 Å². The Balaban J connectivity index is 0.940. The lowest BCUT2D eigenvalue weighted by Crippen LogP contribution is -2.16. The second kappa shape index (κ2) is 43.4. The minimum atomic E-state index is -0.726. The highest BCUT2D eigenvalue weighted by Gasteiger charge is 2.33. The lowest BCUT2D eigenvalue weighted by Gasteiger charge is -2.23. The Morgan fingerprint density at radius 3 is 0.301 bits per heavy atom. The predicted molar refractivity (Wildman–Crippen MR) is 547 cm³/mol. The van der Waals surface area contributed by atoms with Crippen LogP contribution in [0.25, 0.3) is 0 Å². The highest BCUT2D eigenvalue weighted by molar-refractivity contribution is 9.11. The first kappa shape index (κ1) is 94.9. The molecule has 1 aliphatic carbocycles. The molecule has 16 aromatic carbocycles. The summed E-state index contributed by atoms with van der Waals surface area (Å²) in [5.41, 5.74) is 8.23. The Morgan fingerprint density at radius 2 is 0.221 bits per heavy atom. The van der Waals surface area contributed by atoms with Gasteiger partial charge in [0.05, 0.1) is 44.5 Å². The van der Waals surface area contributed by atoms with Crippen LogP contribution in [0.15, 0.2) is 375 Å². The SMILES string of the molecule is O=C(Oc1c2cc(Br)cc1Cc1cc(Br)cc(c1OC(=O)c1ccccc1)Cc1cc(Br)cc(c1OC(=O)c1ccccc1)Cc1cc(Br)cc(c1OC(=O)c1ccccc1)Cc1cc(Br)cc(c1OC(=O)c1ccccc1)Cc1cc(Br)cc(c1OC(=O)c1ccccc1)Cc1cc(Br)cc(c1OC(=O)c1ccccc1)Cc1cc(Br)cc(c1OC(=O)c1ccccc1)C2)c1ccccc1. The molecule has 16 aromatic rings. The fraction of sp³-hybridized carbons (Fsp3) is 0.0714. The standard InChI is InChI=1S/C112H72Br8O16/c113-89-49-73-41-75-51-90(114)53-77(98(75)130-106(122)66-27-11-2-12-28-66)43-79-55-92(116)57-81(100(79)132-108(124)68-31-15-4-16-32-68)45-83-59-94(118)61-85(102(83)134-110(126)70-35-19-6-20-36-70)47-87-63-96(120)64-88(104(87)136-112(128)72-39-23-8-24-40-72)48-86-62-95(119)60-84(103(86)135-111(127)71-37-21-7-22-38-71)46-82-58-93(117)56-80(101(82)133-109(125)69-33-17-5-18-34-69)44-78-54-91(115)52-76(99(78)131-107(123)67-29-13-3-14-30-67)42-74(50-89)97(73)129-105(121)65-25-9-1-10-26-65/h1-40,49-64H,41-48H2. The van der Waals surface area contributed by atoms with Crippen molar-refractivity contribution < 1.29 is 76.3 Å². The average molecular weight is 2310 g/mol. The van der Waals surface area contributed by atoms with E-state index < -0.39 is 47.8 Å². The Hall–Kier alpha value is -12.9. The molecule has 0 aliphatic heterocycles. The first-order valence-electron chi connectivity index (χ1n) is 42.6. The van der Waals surface area contributed by atoms with Gasteiger partial charge in [-0.2, -0.15) is 0 Å². The molecule has 0 amide bonds.